The van der Waals surface area contributed by atoms with Crippen molar-refractivity contribution in [2.75, 3.05) is 0 Å². The summed E-state index contributed by atoms with van der Waals surface area (Å²) in [7, 11) is 0. The molecule has 0 unspecified atom stereocenters. The Morgan fingerprint density at radius 3 is 2.50 bits per heavy atom. The molecule has 1 N–H and O–H groups in total. The summed E-state index contributed by atoms with van der Waals surface area (Å²) in [5.74, 6) is -0.0255. The molecule has 0 aliphatic heterocycles. The molecule has 0 saturated heterocycles. The van der Waals surface area contributed by atoms with E-state index in [4.69, 9.17) is 5.11 Å². The fraction of sp³-hybridized carbons (Fsp3) is 0.167. The van der Waals surface area contributed by atoms with Gasteiger partial charge in [0.2, 0.25) is 0 Å². The van der Waals surface area contributed by atoms with Crippen LogP contribution in [0.15, 0.2) is 24.0 Å². The zero-order valence-electron chi connectivity index (χ0n) is 4.35. The van der Waals surface area contributed by atoms with E-state index >= 15 is 0 Å². The molecule has 0 saturated carbocycles. The topological polar surface area (TPSA) is 37.3 Å². The van der Waals surface area contributed by atoms with E-state index in [1.54, 1.807) is 0 Å². The molecule has 8 heavy (non-hydrogen) atoms. The van der Waals surface area contributed by atoms with Gasteiger partial charge in [0.1, 0.15) is 5.76 Å². The third-order valence-electron chi connectivity index (χ3n) is 1.04. The molecule has 2 heteroatoms. The fourth-order valence-electron chi connectivity index (χ4n) is 0.610. The van der Waals surface area contributed by atoms with Gasteiger partial charge in [0.15, 0.2) is 5.78 Å². The number of carbonyl (C=O) groups excluding carboxylic acids is 1. The normalized spacial score (nSPS) is 19.2. The summed E-state index contributed by atoms with van der Waals surface area (Å²) < 4.78 is 0. The summed E-state index contributed by atoms with van der Waals surface area (Å²) >= 11 is 0. The SMILES string of the molecule is C=C1CC(O)=CC1=O. The van der Waals surface area contributed by atoms with Crippen LogP contribution in [0, 0.1) is 0 Å². The largest absolute Gasteiger partial charge is 0.512 e. The number of rotatable bonds is 0. The average molecular weight is 110 g/mol. The van der Waals surface area contributed by atoms with Crippen LogP contribution >= 0.6 is 0 Å². The van der Waals surface area contributed by atoms with Gasteiger partial charge in [-0.2, -0.15) is 0 Å². The second kappa shape index (κ2) is 1.47. The lowest BCUT2D eigenvalue weighted by Crippen LogP contribution is -1.86. The number of carbonyl (C=O) groups is 1. The van der Waals surface area contributed by atoms with Crippen molar-refractivity contribution in [3.63, 3.8) is 0 Å². The Kier molecular flexibility index (Phi) is 0.938. The Hall–Kier alpha value is -1.05. The minimum atomic E-state index is -0.150. The van der Waals surface area contributed by atoms with Gasteiger partial charge in [-0.3, -0.25) is 4.79 Å². The lowest BCUT2D eigenvalue weighted by atomic mass is 10.2. The van der Waals surface area contributed by atoms with Crippen molar-refractivity contribution in [1.29, 1.82) is 0 Å². The Morgan fingerprint density at radius 2 is 2.38 bits per heavy atom. The molecule has 1 rings (SSSR count). The molecular weight excluding hydrogens is 104 g/mol. The molecule has 1 aliphatic carbocycles. The van der Waals surface area contributed by atoms with Gasteiger partial charge >= 0.3 is 0 Å². The molecule has 0 radical (unpaired) electrons. The highest BCUT2D eigenvalue weighted by atomic mass is 16.3. The molecule has 0 heterocycles. The van der Waals surface area contributed by atoms with Gasteiger partial charge in [-0.25, -0.2) is 0 Å². The Bertz CT molecular complexity index is 177. The number of aliphatic hydroxyl groups is 1. The highest BCUT2D eigenvalue weighted by Crippen LogP contribution is 2.15. The van der Waals surface area contributed by atoms with E-state index in [0.717, 1.165) is 0 Å². The van der Waals surface area contributed by atoms with Crippen molar-refractivity contribution in [1.82, 2.24) is 0 Å². The zero-order chi connectivity index (χ0) is 6.15. The summed E-state index contributed by atoms with van der Waals surface area (Å²) in [5.41, 5.74) is 0.475. The fourth-order valence-corrected chi connectivity index (χ4v) is 0.610. The molecule has 0 spiro atoms. The van der Waals surface area contributed by atoms with Gasteiger partial charge in [0, 0.05) is 12.5 Å². The lowest BCUT2D eigenvalue weighted by molar-refractivity contribution is -0.111. The first-order valence-corrected chi connectivity index (χ1v) is 2.32. The van der Waals surface area contributed by atoms with Crippen LogP contribution in [0.2, 0.25) is 0 Å². The first-order valence-electron chi connectivity index (χ1n) is 2.32. The van der Waals surface area contributed by atoms with Gasteiger partial charge < -0.3 is 5.11 Å². The van der Waals surface area contributed by atoms with Crippen LogP contribution in [0.25, 0.3) is 0 Å². The summed E-state index contributed by atoms with van der Waals surface area (Å²) in [6.45, 7) is 3.42. The van der Waals surface area contributed by atoms with Gasteiger partial charge in [-0.05, 0) is 5.57 Å². The van der Waals surface area contributed by atoms with Crippen LogP contribution in [0.5, 0.6) is 0 Å². The van der Waals surface area contributed by atoms with Crippen molar-refractivity contribution in [2.45, 2.75) is 6.42 Å². The highest BCUT2D eigenvalue weighted by Gasteiger charge is 2.14. The number of hydrogen-bond donors (Lipinski definition) is 1. The maximum absolute atomic E-state index is 10.4. The number of ketones is 1. The van der Waals surface area contributed by atoms with Crippen molar-refractivity contribution in [3.8, 4) is 0 Å². The van der Waals surface area contributed by atoms with Crippen LogP contribution in [0.4, 0.5) is 0 Å². The molecule has 42 valence electrons. The number of allylic oxidation sites excluding steroid dienone is 2. The minimum Gasteiger partial charge on any atom is -0.512 e. The van der Waals surface area contributed by atoms with E-state index in [-0.39, 0.29) is 11.5 Å². The van der Waals surface area contributed by atoms with Crippen molar-refractivity contribution < 1.29 is 9.90 Å². The summed E-state index contributed by atoms with van der Waals surface area (Å²) in [6.07, 6.45) is 1.53. The van der Waals surface area contributed by atoms with E-state index < -0.39 is 0 Å². The first kappa shape index (κ1) is 5.09. The maximum Gasteiger partial charge on any atom is 0.185 e. The van der Waals surface area contributed by atoms with Gasteiger partial charge in [-0.15, -0.1) is 0 Å². The molecule has 0 bridgehead atoms. The predicted molar refractivity (Wildman–Crippen MR) is 29.5 cm³/mol. The lowest BCUT2D eigenvalue weighted by Gasteiger charge is -1.84. The molecule has 0 atom stereocenters. The summed E-state index contributed by atoms with van der Waals surface area (Å²) in [6, 6.07) is 0. The maximum atomic E-state index is 10.4. The van der Waals surface area contributed by atoms with E-state index in [1.165, 1.54) is 6.08 Å². The van der Waals surface area contributed by atoms with Crippen molar-refractivity contribution in [3.05, 3.63) is 24.0 Å². The van der Waals surface area contributed by atoms with Crippen LogP contribution in [-0.2, 0) is 4.79 Å². The zero-order valence-corrected chi connectivity index (χ0v) is 4.35. The highest BCUT2D eigenvalue weighted by molar-refractivity contribution is 6.06. The predicted octanol–water partition coefficient (Wildman–Crippen LogP) is 0.957. The first-order chi connectivity index (χ1) is 3.70. The van der Waals surface area contributed by atoms with Gasteiger partial charge in [0.05, 0.1) is 0 Å². The molecule has 0 aromatic rings. The number of hydrogen-bond acceptors (Lipinski definition) is 2. The molecule has 2 nitrogen and oxygen atoms in total. The molecule has 0 fully saturated rings. The second-order valence-corrected chi connectivity index (χ2v) is 1.78. The Balaban J connectivity index is 2.85. The van der Waals surface area contributed by atoms with Crippen LogP contribution in [0.3, 0.4) is 0 Å². The molecular formula is C6H6O2. The molecule has 0 aromatic carbocycles. The van der Waals surface area contributed by atoms with E-state index in [2.05, 4.69) is 6.58 Å². The summed E-state index contributed by atoms with van der Waals surface area (Å²) in [4.78, 5) is 10.4. The molecule has 0 aromatic heterocycles. The van der Waals surface area contributed by atoms with Crippen LogP contribution in [-0.4, -0.2) is 10.9 Å². The minimum absolute atomic E-state index is 0.125. The van der Waals surface area contributed by atoms with Crippen molar-refractivity contribution >= 4 is 5.78 Å². The Labute approximate surface area is 47.1 Å². The van der Waals surface area contributed by atoms with E-state index in [0.29, 0.717) is 12.0 Å². The van der Waals surface area contributed by atoms with Crippen LogP contribution in [0.1, 0.15) is 6.42 Å². The van der Waals surface area contributed by atoms with Crippen LogP contribution < -0.4 is 0 Å². The third-order valence-corrected chi connectivity index (χ3v) is 1.04. The number of aliphatic hydroxyl groups excluding tert-OH is 1. The van der Waals surface area contributed by atoms with Gasteiger partial charge in [0.25, 0.3) is 0 Å². The Morgan fingerprint density at radius 1 is 1.75 bits per heavy atom. The summed E-state index contributed by atoms with van der Waals surface area (Å²) in [5, 5.41) is 8.65. The average Bonchev–Trinajstić information content (AvgIpc) is 1.85. The van der Waals surface area contributed by atoms with Gasteiger partial charge in [-0.1, -0.05) is 6.58 Å². The molecule has 1 aliphatic rings. The van der Waals surface area contributed by atoms with E-state index in [9.17, 15) is 4.79 Å². The second-order valence-electron chi connectivity index (χ2n) is 1.78. The molecule has 0 amide bonds. The van der Waals surface area contributed by atoms with Crippen molar-refractivity contribution in [2.24, 2.45) is 0 Å². The standard InChI is InChI=1S/C6H6O2/c1-4-2-5(7)3-6(4)8/h3,7H,1-2H2. The smallest absolute Gasteiger partial charge is 0.185 e. The quantitative estimate of drug-likeness (QED) is 0.471. The monoisotopic (exact) mass is 110 g/mol. The van der Waals surface area contributed by atoms with E-state index in [1.807, 2.05) is 0 Å². The third kappa shape index (κ3) is 0.644.